The molecular weight excluding hydrogens is 286 g/mol. The summed E-state index contributed by atoms with van der Waals surface area (Å²) in [6.45, 7) is 6.74. The zero-order chi connectivity index (χ0) is 15.9. The Morgan fingerprint density at radius 1 is 1.32 bits per heavy atom. The second kappa shape index (κ2) is 5.57. The topological polar surface area (TPSA) is 65.1 Å². The van der Waals surface area contributed by atoms with Crippen LogP contribution in [0.5, 0.6) is 0 Å². The van der Waals surface area contributed by atoms with Crippen LogP contribution in [0.4, 0.5) is 4.79 Å². The smallest absolute Gasteiger partial charge is 0.409 e. The van der Waals surface area contributed by atoms with Crippen molar-refractivity contribution in [3.8, 4) is 0 Å². The third kappa shape index (κ3) is 2.20. The number of amides is 1. The number of nitrogens with zero attached hydrogens (tertiary/aromatic N) is 1. The maximum absolute atomic E-state index is 12.3. The first-order valence-corrected chi connectivity index (χ1v) is 7.99. The first kappa shape index (κ1) is 15.3. The van der Waals surface area contributed by atoms with Gasteiger partial charge >= 0.3 is 12.1 Å². The molecule has 3 rings (SSSR count). The minimum atomic E-state index is -0.440. The average molecular weight is 309 g/mol. The number of ether oxygens (including phenoxy) is 3. The highest BCUT2D eigenvalue weighted by atomic mass is 16.6. The summed E-state index contributed by atoms with van der Waals surface area (Å²) >= 11 is 0. The average Bonchev–Trinajstić information content (AvgIpc) is 3.00. The van der Waals surface area contributed by atoms with Gasteiger partial charge in [0, 0.05) is 24.9 Å². The van der Waals surface area contributed by atoms with Gasteiger partial charge in [0.05, 0.1) is 30.8 Å². The maximum atomic E-state index is 12.3. The lowest BCUT2D eigenvalue weighted by Gasteiger charge is -2.45. The van der Waals surface area contributed by atoms with E-state index in [1.54, 1.807) is 18.7 Å². The van der Waals surface area contributed by atoms with E-state index >= 15 is 0 Å². The van der Waals surface area contributed by atoms with Crippen molar-refractivity contribution in [2.75, 3.05) is 19.8 Å². The van der Waals surface area contributed by atoms with Crippen LogP contribution in [0, 0.1) is 11.8 Å². The van der Waals surface area contributed by atoms with Gasteiger partial charge in [-0.2, -0.15) is 0 Å². The van der Waals surface area contributed by atoms with Crippen molar-refractivity contribution in [1.82, 2.24) is 4.90 Å². The van der Waals surface area contributed by atoms with E-state index in [0.29, 0.717) is 26.2 Å². The SMILES string of the molecule is CCOC(=O)[C@@H]1[C@@H]2C=C[C@@]3(C[C@H](C)N(C(=O)OCC)C[C@@H]13)O2. The normalized spacial score (nSPS) is 38.8. The molecule has 0 aromatic carbocycles. The molecule has 2 bridgehead atoms. The summed E-state index contributed by atoms with van der Waals surface area (Å²) < 4.78 is 16.5. The van der Waals surface area contributed by atoms with E-state index in [1.165, 1.54) is 0 Å². The molecule has 0 N–H and O–H groups in total. The summed E-state index contributed by atoms with van der Waals surface area (Å²) in [7, 11) is 0. The van der Waals surface area contributed by atoms with E-state index in [4.69, 9.17) is 14.2 Å². The van der Waals surface area contributed by atoms with Crippen LogP contribution in [0.25, 0.3) is 0 Å². The highest BCUT2D eigenvalue weighted by Crippen LogP contribution is 2.52. The fraction of sp³-hybridized carbons (Fsp3) is 0.750. The fourth-order valence-electron chi connectivity index (χ4n) is 4.02. The molecule has 6 heteroatoms. The molecule has 3 aliphatic heterocycles. The summed E-state index contributed by atoms with van der Waals surface area (Å²) in [6.07, 6.45) is 4.15. The largest absolute Gasteiger partial charge is 0.466 e. The summed E-state index contributed by atoms with van der Waals surface area (Å²) in [4.78, 5) is 26.1. The summed E-state index contributed by atoms with van der Waals surface area (Å²) in [5, 5.41) is 0. The minimum absolute atomic E-state index is 0.0136. The molecule has 5 atom stereocenters. The zero-order valence-electron chi connectivity index (χ0n) is 13.3. The quantitative estimate of drug-likeness (QED) is 0.587. The van der Waals surface area contributed by atoms with E-state index in [1.807, 2.05) is 13.0 Å². The third-order valence-corrected chi connectivity index (χ3v) is 4.94. The number of fused-ring (bicyclic) bond motifs is 1. The number of esters is 1. The predicted octanol–water partition coefficient (Wildman–Crippen LogP) is 1.74. The van der Waals surface area contributed by atoms with Crippen molar-refractivity contribution in [3.05, 3.63) is 12.2 Å². The Hall–Kier alpha value is -1.56. The lowest BCUT2D eigenvalue weighted by Crippen LogP contribution is -2.57. The fourth-order valence-corrected chi connectivity index (χ4v) is 4.02. The molecule has 0 aromatic heterocycles. The molecule has 0 unspecified atom stereocenters. The Labute approximate surface area is 130 Å². The summed E-state index contributed by atoms with van der Waals surface area (Å²) in [5.74, 6) is -0.640. The first-order valence-electron chi connectivity index (χ1n) is 7.99. The zero-order valence-corrected chi connectivity index (χ0v) is 13.3. The van der Waals surface area contributed by atoms with E-state index < -0.39 is 5.60 Å². The lowest BCUT2D eigenvalue weighted by molar-refractivity contribution is -0.150. The standard InChI is InChI=1S/C16H23NO5/c1-4-20-14(18)13-11-9-17(15(19)21-5-2)10(3)8-16(11)7-6-12(13)22-16/h6-7,10-13H,4-5,8-9H2,1-3H3/t10-,11-,12-,13-,16-/m0/s1. The van der Waals surface area contributed by atoms with Crippen LogP contribution in [-0.4, -0.2) is 54.5 Å². The van der Waals surface area contributed by atoms with E-state index in [0.717, 1.165) is 0 Å². The predicted molar refractivity (Wildman–Crippen MR) is 78.2 cm³/mol. The molecule has 22 heavy (non-hydrogen) atoms. The molecule has 0 saturated carbocycles. The number of carbonyl (C=O) groups is 2. The Bertz CT molecular complexity index is 505. The third-order valence-electron chi connectivity index (χ3n) is 4.94. The van der Waals surface area contributed by atoms with Gasteiger partial charge in [-0.1, -0.05) is 12.2 Å². The van der Waals surface area contributed by atoms with Crippen molar-refractivity contribution in [3.63, 3.8) is 0 Å². The van der Waals surface area contributed by atoms with Crippen molar-refractivity contribution >= 4 is 12.1 Å². The summed E-state index contributed by atoms with van der Waals surface area (Å²) in [5.41, 5.74) is -0.440. The van der Waals surface area contributed by atoms with Crippen molar-refractivity contribution in [1.29, 1.82) is 0 Å². The van der Waals surface area contributed by atoms with Crippen LogP contribution in [0.1, 0.15) is 27.2 Å². The van der Waals surface area contributed by atoms with Crippen LogP contribution >= 0.6 is 0 Å². The van der Waals surface area contributed by atoms with Gasteiger partial charge in [0.2, 0.25) is 0 Å². The minimum Gasteiger partial charge on any atom is -0.466 e. The molecule has 1 spiro atoms. The van der Waals surface area contributed by atoms with Crippen molar-refractivity contribution in [2.45, 2.75) is 44.9 Å². The van der Waals surface area contributed by atoms with Gasteiger partial charge in [-0.15, -0.1) is 0 Å². The number of likely N-dealkylation sites (tertiary alicyclic amines) is 1. The molecule has 2 saturated heterocycles. The molecule has 0 aromatic rings. The highest BCUT2D eigenvalue weighted by molar-refractivity contribution is 5.76. The van der Waals surface area contributed by atoms with E-state index in [-0.39, 0.29) is 36.0 Å². The maximum Gasteiger partial charge on any atom is 0.409 e. The number of rotatable bonds is 3. The van der Waals surface area contributed by atoms with Crippen molar-refractivity contribution < 1.29 is 23.8 Å². The van der Waals surface area contributed by atoms with Crippen LogP contribution in [0.15, 0.2) is 12.2 Å². The molecular formula is C16H23NO5. The van der Waals surface area contributed by atoms with Crippen LogP contribution in [0.2, 0.25) is 0 Å². The van der Waals surface area contributed by atoms with Crippen LogP contribution < -0.4 is 0 Å². The Morgan fingerprint density at radius 2 is 2.05 bits per heavy atom. The highest BCUT2D eigenvalue weighted by Gasteiger charge is 2.62. The van der Waals surface area contributed by atoms with Gasteiger partial charge in [0.25, 0.3) is 0 Å². The van der Waals surface area contributed by atoms with Gasteiger partial charge in [0.1, 0.15) is 0 Å². The van der Waals surface area contributed by atoms with E-state index in [9.17, 15) is 9.59 Å². The molecule has 0 aliphatic carbocycles. The first-order chi connectivity index (χ1) is 10.5. The van der Waals surface area contributed by atoms with Gasteiger partial charge < -0.3 is 19.1 Å². The Balaban J connectivity index is 1.83. The monoisotopic (exact) mass is 309 g/mol. The van der Waals surface area contributed by atoms with Crippen molar-refractivity contribution in [2.24, 2.45) is 11.8 Å². The summed E-state index contributed by atoms with van der Waals surface area (Å²) in [6, 6.07) is 0.0136. The number of piperidine rings is 1. The van der Waals surface area contributed by atoms with Gasteiger partial charge in [0.15, 0.2) is 0 Å². The molecule has 1 amide bonds. The second-order valence-corrected chi connectivity index (χ2v) is 6.19. The van der Waals surface area contributed by atoms with E-state index in [2.05, 4.69) is 6.08 Å². The van der Waals surface area contributed by atoms with Gasteiger partial charge in [-0.3, -0.25) is 4.79 Å². The number of hydrogen-bond acceptors (Lipinski definition) is 5. The second-order valence-electron chi connectivity index (χ2n) is 6.19. The molecule has 3 heterocycles. The van der Waals surface area contributed by atoms with Gasteiger partial charge in [-0.25, -0.2) is 4.79 Å². The number of carbonyl (C=O) groups excluding carboxylic acids is 2. The Kier molecular flexibility index (Phi) is 3.89. The number of hydrogen-bond donors (Lipinski definition) is 0. The molecule has 3 aliphatic rings. The van der Waals surface area contributed by atoms with Crippen LogP contribution in [0.3, 0.4) is 0 Å². The molecule has 2 fully saturated rings. The molecule has 6 nitrogen and oxygen atoms in total. The molecule has 122 valence electrons. The van der Waals surface area contributed by atoms with Crippen LogP contribution in [-0.2, 0) is 19.0 Å². The van der Waals surface area contributed by atoms with Gasteiger partial charge in [-0.05, 0) is 20.8 Å². The lowest BCUT2D eigenvalue weighted by atomic mass is 9.70. The molecule has 0 radical (unpaired) electrons. The Morgan fingerprint density at radius 3 is 2.73 bits per heavy atom.